The van der Waals surface area contributed by atoms with Crippen molar-refractivity contribution in [3.05, 3.63) is 29.8 Å². The monoisotopic (exact) mass is 192 g/mol. The Morgan fingerprint density at radius 1 is 1.57 bits per heavy atom. The molecule has 0 radical (unpaired) electrons. The summed E-state index contributed by atoms with van der Waals surface area (Å²) < 4.78 is 10.2. The molecule has 74 valence electrons. The Bertz CT molecular complexity index is 363. The van der Waals surface area contributed by atoms with Crippen LogP contribution < -0.4 is 10.5 Å². The molecule has 1 aliphatic rings. The fraction of sp³-hybridized carbons (Fsp3) is 0.300. The van der Waals surface area contributed by atoms with Crippen LogP contribution in [0.5, 0.6) is 5.75 Å². The molecule has 1 aliphatic heterocycles. The van der Waals surface area contributed by atoms with Gasteiger partial charge >= 0.3 is 0 Å². The van der Waals surface area contributed by atoms with Crippen LogP contribution in [0.15, 0.2) is 29.3 Å². The number of ether oxygens (including phenoxy) is 2. The lowest BCUT2D eigenvalue weighted by Gasteiger charge is -2.06. The van der Waals surface area contributed by atoms with E-state index in [2.05, 4.69) is 4.99 Å². The van der Waals surface area contributed by atoms with E-state index >= 15 is 0 Å². The molecule has 0 spiro atoms. The predicted molar refractivity (Wildman–Crippen MR) is 53.3 cm³/mol. The lowest BCUT2D eigenvalue weighted by molar-refractivity contribution is 0.314. The Kier molecular flexibility index (Phi) is 2.26. The molecule has 0 saturated carbocycles. The second-order valence-corrected chi connectivity index (χ2v) is 3.07. The van der Waals surface area contributed by atoms with Crippen LogP contribution in [0.3, 0.4) is 0 Å². The summed E-state index contributed by atoms with van der Waals surface area (Å²) in [6, 6.07) is 8.02. The van der Waals surface area contributed by atoms with Gasteiger partial charge in [0.05, 0.1) is 7.11 Å². The number of hydrogen-bond acceptors (Lipinski definition) is 4. The maximum absolute atomic E-state index is 5.43. The summed E-state index contributed by atoms with van der Waals surface area (Å²) in [7, 11) is 1.64. The molecule has 1 atom stereocenters. The first kappa shape index (κ1) is 8.87. The van der Waals surface area contributed by atoms with E-state index in [1.807, 2.05) is 24.3 Å². The van der Waals surface area contributed by atoms with E-state index in [1.54, 1.807) is 7.11 Å². The minimum absolute atomic E-state index is 0.00472. The third-order valence-corrected chi connectivity index (χ3v) is 2.15. The van der Waals surface area contributed by atoms with Crippen molar-refractivity contribution in [2.45, 2.75) is 6.04 Å². The molecule has 2 rings (SSSR count). The van der Waals surface area contributed by atoms with Crippen molar-refractivity contribution in [2.75, 3.05) is 13.7 Å². The Balaban J connectivity index is 2.24. The molecule has 0 aliphatic carbocycles. The van der Waals surface area contributed by atoms with Gasteiger partial charge < -0.3 is 15.2 Å². The lowest BCUT2D eigenvalue weighted by Crippen LogP contribution is -2.10. The summed E-state index contributed by atoms with van der Waals surface area (Å²) in [5, 5.41) is 0. The second kappa shape index (κ2) is 3.57. The van der Waals surface area contributed by atoms with E-state index in [1.165, 1.54) is 0 Å². The van der Waals surface area contributed by atoms with Crippen molar-refractivity contribution in [1.29, 1.82) is 0 Å². The Hall–Kier alpha value is -1.71. The molecule has 0 amide bonds. The van der Waals surface area contributed by atoms with E-state index in [4.69, 9.17) is 15.2 Å². The van der Waals surface area contributed by atoms with Crippen LogP contribution in [-0.2, 0) is 4.74 Å². The van der Waals surface area contributed by atoms with Crippen molar-refractivity contribution in [3.63, 3.8) is 0 Å². The molecule has 14 heavy (non-hydrogen) atoms. The fourth-order valence-corrected chi connectivity index (χ4v) is 1.41. The van der Waals surface area contributed by atoms with Gasteiger partial charge in [0, 0.05) is 0 Å². The van der Waals surface area contributed by atoms with E-state index in [-0.39, 0.29) is 12.1 Å². The van der Waals surface area contributed by atoms with Crippen LogP contribution in [0.1, 0.15) is 11.6 Å². The van der Waals surface area contributed by atoms with E-state index in [0.717, 1.165) is 11.3 Å². The third kappa shape index (κ3) is 1.64. The lowest BCUT2D eigenvalue weighted by atomic mass is 10.1. The molecule has 1 aromatic rings. The summed E-state index contributed by atoms with van der Waals surface area (Å²) in [5.74, 6) is 0.822. The first-order valence-electron chi connectivity index (χ1n) is 4.39. The minimum Gasteiger partial charge on any atom is -0.497 e. The van der Waals surface area contributed by atoms with Gasteiger partial charge in [-0.3, -0.25) is 0 Å². The topological polar surface area (TPSA) is 56.8 Å². The number of methoxy groups -OCH3 is 1. The average Bonchev–Trinajstić information content (AvgIpc) is 2.65. The van der Waals surface area contributed by atoms with Crippen molar-refractivity contribution in [1.82, 2.24) is 0 Å². The normalized spacial score (nSPS) is 20.1. The molecular weight excluding hydrogens is 180 g/mol. The van der Waals surface area contributed by atoms with Gasteiger partial charge in [0.1, 0.15) is 18.4 Å². The maximum atomic E-state index is 5.43. The van der Waals surface area contributed by atoms with Crippen LogP contribution in [0.25, 0.3) is 0 Å². The minimum atomic E-state index is 0.00472. The molecule has 4 heteroatoms. The standard InChI is InChI=1S/C10H12N2O2/c1-13-8-4-2-3-7(5-8)9-6-14-10(11)12-9/h2-5,9H,6H2,1H3,(H2,11,12). The van der Waals surface area contributed by atoms with Crippen LogP contribution in [0, 0.1) is 0 Å². The molecular formula is C10H12N2O2. The number of nitrogens with two attached hydrogens (primary N) is 1. The molecule has 1 aromatic carbocycles. The molecule has 0 fully saturated rings. The molecule has 1 heterocycles. The van der Waals surface area contributed by atoms with E-state index in [0.29, 0.717) is 6.61 Å². The first-order valence-corrected chi connectivity index (χ1v) is 4.39. The highest BCUT2D eigenvalue weighted by atomic mass is 16.5. The highest BCUT2D eigenvalue weighted by Gasteiger charge is 2.18. The smallest absolute Gasteiger partial charge is 0.282 e. The molecule has 2 N–H and O–H groups in total. The summed E-state index contributed by atoms with van der Waals surface area (Å²) in [6.07, 6.45) is 0. The molecule has 0 saturated heterocycles. The van der Waals surface area contributed by atoms with Gasteiger partial charge in [-0.2, -0.15) is 0 Å². The SMILES string of the molecule is COc1cccc(C2COC(N)=N2)c1. The van der Waals surface area contributed by atoms with Gasteiger partial charge in [0.15, 0.2) is 0 Å². The average molecular weight is 192 g/mol. The van der Waals surface area contributed by atoms with Gasteiger partial charge in [0.25, 0.3) is 6.02 Å². The van der Waals surface area contributed by atoms with Gasteiger partial charge in [-0.05, 0) is 17.7 Å². The zero-order valence-corrected chi connectivity index (χ0v) is 7.93. The summed E-state index contributed by atoms with van der Waals surface area (Å²) in [5.41, 5.74) is 6.49. The van der Waals surface area contributed by atoms with E-state index in [9.17, 15) is 0 Å². The summed E-state index contributed by atoms with van der Waals surface area (Å²) in [4.78, 5) is 4.15. The number of amidine groups is 1. The van der Waals surface area contributed by atoms with Crippen molar-refractivity contribution in [3.8, 4) is 5.75 Å². The van der Waals surface area contributed by atoms with Crippen LogP contribution in [-0.4, -0.2) is 19.7 Å². The first-order chi connectivity index (χ1) is 6.79. The van der Waals surface area contributed by atoms with E-state index < -0.39 is 0 Å². The highest BCUT2D eigenvalue weighted by Crippen LogP contribution is 2.24. The van der Waals surface area contributed by atoms with Crippen molar-refractivity contribution >= 4 is 6.02 Å². The van der Waals surface area contributed by atoms with Gasteiger partial charge in [-0.1, -0.05) is 12.1 Å². The number of hydrogen-bond donors (Lipinski definition) is 1. The largest absolute Gasteiger partial charge is 0.497 e. The van der Waals surface area contributed by atoms with Crippen LogP contribution in [0.2, 0.25) is 0 Å². The molecule has 0 aromatic heterocycles. The molecule has 0 bridgehead atoms. The maximum Gasteiger partial charge on any atom is 0.282 e. The van der Waals surface area contributed by atoms with Crippen molar-refractivity contribution < 1.29 is 9.47 Å². The summed E-state index contributed by atoms with van der Waals surface area (Å²) in [6.45, 7) is 0.513. The Morgan fingerprint density at radius 2 is 2.43 bits per heavy atom. The van der Waals surface area contributed by atoms with Crippen LogP contribution in [0.4, 0.5) is 0 Å². The number of nitrogens with zero attached hydrogens (tertiary/aromatic N) is 1. The van der Waals surface area contributed by atoms with Gasteiger partial charge in [-0.15, -0.1) is 0 Å². The van der Waals surface area contributed by atoms with Crippen molar-refractivity contribution in [2.24, 2.45) is 10.7 Å². The Labute approximate surface area is 82.3 Å². The Morgan fingerprint density at radius 3 is 3.07 bits per heavy atom. The van der Waals surface area contributed by atoms with Crippen LogP contribution >= 0.6 is 0 Å². The molecule has 1 unspecified atom stereocenters. The summed E-state index contributed by atoms with van der Waals surface area (Å²) >= 11 is 0. The number of rotatable bonds is 2. The second-order valence-electron chi connectivity index (χ2n) is 3.07. The zero-order valence-electron chi connectivity index (χ0n) is 7.93. The third-order valence-electron chi connectivity index (χ3n) is 2.15. The number of aliphatic imine (C=N–C) groups is 1. The van der Waals surface area contributed by atoms with Gasteiger partial charge in [0.2, 0.25) is 0 Å². The number of benzene rings is 1. The fourth-order valence-electron chi connectivity index (χ4n) is 1.41. The zero-order chi connectivity index (χ0) is 9.97. The van der Waals surface area contributed by atoms with Gasteiger partial charge in [-0.25, -0.2) is 4.99 Å². The quantitative estimate of drug-likeness (QED) is 0.762. The molecule has 4 nitrogen and oxygen atoms in total. The predicted octanol–water partition coefficient (Wildman–Crippen LogP) is 1.08. The highest BCUT2D eigenvalue weighted by molar-refractivity contribution is 5.73.